The van der Waals surface area contributed by atoms with Gasteiger partial charge in [0.25, 0.3) is 0 Å². The van der Waals surface area contributed by atoms with Crippen molar-refractivity contribution >= 4 is 17.5 Å². The first-order valence-corrected chi connectivity index (χ1v) is 9.62. The van der Waals surface area contributed by atoms with Crippen LogP contribution in [0.1, 0.15) is 30.1 Å². The van der Waals surface area contributed by atoms with E-state index in [9.17, 15) is 14.0 Å². The molecule has 0 aliphatic carbocycles. The molecule has 3 aromatic carbocycles. The number of rotatable bonds is 4. The number of benzene rings is 3. The van der Waals surface area contributed by atoms with Gasteiger partial charge in [0.05, 0.1) is 0 Å². The molecule has 6 heteroatoms. The lowest BCUT2D eigenvalue weighted by Gasteiger charge is -2.18. The van der Waals surface area contributed by atoms with E-state index in [2.05, 4.69) is 10.6 Å². The molecule has 0 fully saturated rings. The van der Waals surface area contributed by atoms with Gasteiger partial charge in [-0.2, -0.15) is 0 Å². The molecule has 2 amide bonds. The molecule has 2 unspecified atom stereocenters. The molecule has 1 heterocycles. The molecule has 152 valence electrons. The number of fused-ring (bicyclic) bond motifs is 1. The molecule has 1 aliphatic rings. The van der Waals surface area contributed by atoms with Crippen molar-refractivity contribution in [1.29, 1.82) is 0 Å². The summed E-state index contributed by atoms with van der Waals surface area (Å²) in [4.78, 5) is 24.1. The van der Waals surface area contributed by atoms with Crippen LogP contribution in [0.15, 0.2) is 66.7 Å². The molecule has 0 saturated carbocycles. The molecule has 4 rings (SSSR count). The molecular formula is C24H21FN2O3. The van der Waals surface area contributed by atoms with Gasteiger partial charge in [-0.1, -0.05) is 30.3 Å². The number of halogens is 1. The second-order valence-corrected chi connectivity index (χ2v) is 7.20. The molecule has 1 aliphatic heterocycles. The Morgan fingerprint density at radius 2 is 1.70 bits per heavy atom. The van der Waals surface area contributed by atoms with Gasteiger partial charge in [-0.25, -0.2) is 4.39 Å². The summed E-state index contributed by atoms with van der Waals surface area (Å²) in [5, 5.41) is 5.49. The van der Waals surface area contributed by atoms with E-state index in [0.29, 0.717) is 11.4 Å². The van der Waals surface area contributed by atoms with Gasteiger partial charge in [-0.05, 0) is 53.1 Å². The number of hydrogen-bond acceptors (Lipinski definition) is 3. The van der Waals surface area contributed by atoms with E-state index in [4.69, 9.17) is 4.74 Å². The number of carbonyl (C=O) groups is 2. The van der Waals surface area contributed by atoms with Crippen LogP contribution in [-0.4, -0.2) is 18.9 Å². The van der Waals surface area contributed by atoms with Gasteiger partial charge in [-0.3, -0.25) is 9.59 Å². The minimum Gasteiger partial charge on any atom is -0.484 e. The maximum atomic E-state index is 13.4. The molecular weight excluding hydrogens is 383 g/mol. The molecule has 0 spiro atoms. The van der Waals surface area contributed by atoms with Crippen molar-refractivity contribution in [1.82, 2.24) is 5.32 Å². The fraction of sp³-hybridized carbons (Fsp3) is 0.167. The summed E-state index contributed by atoms with van der Waals surface area (Å²) in [6.07, 6.45) is -0.540. The van der Waals surface area contributed by atoms with E-state index in [0.717, 1.165) is 22.3 Å². The smallest absolute Gasteiger partial charge is 0.231 e. The van der Waals surface area contributed by atoms with Crippen molar-refractivity contribution in [3.8, 4) is 16.9 Å². The Hall–Kier alpha value is -3.67. The Morgan fingerprint density at radius 3 is 2.40 bits per heavy atom. The summed E-state index contributed by atoms with van der Waals surface area (Å²) in [5.41, 5.74) is 4.01. The summed E-state index contributed by atoms with van der Waals surface area (Å²) in [5.74, 6) is -0.593. The van der Waals surface area contributed by atoms with Crippen LogP contribution < -0.4 is 15.4 Å². The van der Waals surface area contributed by atoms with E-state index in [1.807, 2.05) is 42.5 Å². The van der Waals surface area contributed by atoms with Crippen molar-refractivity contribution in [2.75, 3.05) is 12.4 Å². The van der Waals surface area contributed by atoms with Crippen LogP contribution in [0, 0.1) is 5.82 Å². The fourth-order valence-corrected chi connectivity index (χ4v) is 3.77. The summed E-state index contributed by atoms with van der Waals surface area (Å²) in [6, 6.07) is 19.2. The normalized spacial score (nSPS) is 17.0. The number of likely N-dealkylation sites (N-methyl/N-ethyl adjacent to an activating group) is 1. The number of ether oxygens (including phenoxy) is 1. The molecule has 3 aromatic rings. The van der Waals surface area contributed by atoms with Crippen molar-refractivity contribution in [2.45, 2.75) is 18.9 Å². The highest BCUT2D eigenvalue weighted by Crippen LogP contribution is 2.47. The SMILES string of the molecule is CNC(=O)C1c2cc(-c3cccc(NC(C)=O)c3)ccc2OC1c1ccc(F)cc1. The Kier molecular flexibility index (Phi) is 5.23. The van der Waals surface area contributed by atoms with Crippen molar-refractivity contribution < 1.29 is 18.7 Å². The van der Waals surface area contributed by atoms with Crippen LogP contribution in [0.5, 0.6) is 5.75 Å². The van der Waals surface area contributed by atoms with Gasteiger partial charge >= 0.3 is 0 Å². The minimum absolute atomic E-state index is 0.142. The lowest BCUT2D eigenvalue weighted by molar-refractivity contribution is -0.123. The number of anilines is 1. The minimum atomic E-state index is -0.561. The first-order valence-electron chi connectivity index (χ1n) is 9.62. The summed E-state index contributed by atoms with van der Waals surface area (Å²) in [7, 11) is 1.59. The Morgan fingerprint density at radius 1 is 0.967 bits per heavy atom. The molecule has 2 N–H and O–H groups in total. The highest BCUT2D eigenvalue weighted by atomic mass is 19.1. The number of nitrogens with one attached hydrogen (secondary N) is 2. The first kappa shape index (κ1) is 19.6. The van der Waals surface area contributed by atoms with E-state index in [1.54, 1.807) is 19.2 Å². The van der Waals surface area contributed by atoms with Crippen molar-refractivity contribution in [3.05, 3.63) is 83.7 Å². The maximum Gasteiger partial charge on any atom is 0.231 e. The second-order valence-electron chi connectivity index (χ2n) is 7.20. The van der Waals surface area contributed by atoms with Crippen LogP contribution in [0.25, 0.3) is 11.1 Å². The molecule has 0 aromatic heterocycles. The van der Waals surface area contributed by atoms with Crippen molar-refractivity contribution in [2.24, 2.45) is 0 Å². The van der Waals surface area contributed by atoms with Crippen LogP contribution in [-0.2, 0) is 9.59 Å². The lowest BCUT2D eigenvalue weighted by Crippen LogP contribution is -2.28. The average molecular weight is 404 g/mol. The van der Waals surface area contributed by atoms with Crippen LogP contribution >= 0.6 is 0 Å². The number of amides is 2. The number of carbonyl (C=O) groups excluding carboxylic acids is 2. The van der Waals surface area contributed by atoms with Gasteiger partial charge in [0.1, 0.15) is 23.6 Å². The summed E-state index contributed by atoms with van der Waals surface area (Å²) >= 11 is 0. The van der Waals surface area contributed by atoms with Gasteiger partial charge in [0.15, 0.2) is 0 Å². The van der Waals surface area contributed by atoms with Gasteiger partial charge in [0, 0.05) is 25.2 Å². The van der Waals surface area contributed by atoms with Gasteiger partial charge in [-0.15, -0.1) is 0 Å². The highest BCUT2D eigenvalue weighted by Gasteiger charge is 2.40. The third-order valence-corrected chi connectivity index (χ3v) is 5.15. The molecule has 2 atom stereocenters. The highest BCUT2D eigenvalue weighted by molar-refractivity contribution is 5.90. The molecule has 0 bridgehead atoms. The van der Waals surface area contributed by atoms with Gasteiger partial charge < -0.3 is 15.4 Å². The fourth-order valence-electron chi connectivity index (χ4n) is 3.77. The van der Waals surface area contributed by atoms with Crippen molar-refractivity contribution in [3.63, 3.8) is 0 Å². The van der Waals surface area contributed by atoms with E-state index in [1.165, 1.54) is 19.1 Å². The Labute approximate surface area is 173 Å². The first-order chi connectivity index (χ1) is 14.5. The maximum absolute atomic E-state index is 13.4. The molecule has 30 heavy (non-hydrogen) atoms. The van der Waals surface area contributed by atoms with Gasteiger partial charge in [0.2, 0.25) is 11.8 Å². The van der Waals surface area contributed by atoms with E-state index < -0.39 is 12.0 Å². The number of hydrogen-bond donors (Lipinski definition) is 2. The average Bonchev–Trinajstić information content (AvgIpc) is 3.12. The van der Waals surface area contributed by atoms with Crippen LogP contribution in [0.4, 0.5) is 10.1 Å². The second kappa shape index (κ2) is 7.99. The molecule has 0 saturated heterocycles. The topological polar surface area (TPSA) is 67.4 Å². The predicted octanol–water partition coefficient (Wildman–Crippen LogP) is 4.41. The summed E-state index contributed by atoms with van der Waals surface area (Å²) < 4.78 is 19.5. The predicted molar refractivity (Wildman–Crippen MR) is 113 cm³/mol. The van der Waals surface area contributed by atoms with Crippen LogP contribution in [0.3, 0.4) is 0 Å². The zero-order valence-corrected chi connectivity index (χ0v) is 16.6. The van der Waals surface area contributed by atoms with E-state index in [-0.39, 0.29) is 17.6 Å². The molecule has 0 radical (unpaired) electrons. The van der Waals surface area contributed by atoms with E-state index >= 15 is 0 Å². The Balaban J connectivity index is 1.73. The third-order valence-electron chi connectivity index (χ3n) is 5.15. The quantitative estimate of drug-likeness (QED) is 0.677. The standard InChI is InChI=1S/C24H21FN2O3/c1-14(28)27-19-5-3-4-16(12-19)17-8-11-21-20(13-17)22(24(29)26-2)23(30-21)15-6-9-18(25)10-7-15/h3-13,22-23H,1-2H3,(H,26,29)(H,27,28). The summed E-state index contributed by atoms with van der Waals surface area (Å²) in [6.45, 7) is 1.46. The Bertz CT molecular complexity index is 1110. The zero-order valence-electron chi connectivity index (χ0n) is 16.6. The monoisotopic (exact) mass is 404 g/mol. The zero-order chi connectivity index (χ0) is 21.3. The van der Waals surface area contributed by atoms with Crippen LogP contribution in [0.2, 0.25) is 0 Å². The third kappa shape index (κ3) is 3.76. The molecule has 5 nitrogen and oxygen atoms in total. The lowest BCUT2D eigenvalue weighted by atomic mass is 9.88. The largest absolute Gasteiger partial charge is 0.484 e.